The van der Waals surface area contributed by atoms with Gasteiger partial charge >= 0.3 is 0 Å². The van der Waals surface area contributed by atoms with Crippen LogP contribution in [0.5, 0.6) is 0 Å². The SMILES string of the molecule is O=C(Cn1c(Cc2ccccn2)nc2cc(Cl)c(Cl)cc21)NCCc1ccccn1. The number of carbonyl (C=O) groups excluding carboxylic acids is 1. The van der Waals surface area contributed by atoms with E-state index in [0.717, 1.165) is 22.7 Å². The molecule has 1 aromatic carbocycles. The van der Waals surface area contributed by atoms with Crippen molar-refractivity contribution in [1.29, 1.82) is 0 Å². The molecule has 0 aliphatic heterocycles. The Balaban J connectivity index is 1.55. The minimum absolute atomic E-state index is 0.112. The summed E-state index contributed by atoms with van der Waals surface area (Å²) in [6, 6.07) is 14.9. The van der Waals surface area contributed by atoms with E-state index in [1.54, 1.807) is 24.5 Å². The maximum Gasteiger partial charge on any atom is 0.240 e. The average molecular weight is 440 g/mol. The lowest BCUT2D eigenvalue weighted by atomic mass is 10.2. The number of nitrogens with one attached hydrogen (secondary N) is 1. The van der Waals surface area contributed by atoms with Gasteiger partial charge in [0.1, 0.15) is 12.4 Å². The fourth-order valence-electron chi connectivity index (χ4n) is 3.22. The van der Waals surface area contributed by atoms with Gasteiger partial charge in [0.25, 0.3) is 0 Å². The number of amides is 1. The standard InChI is InChI=1S/C22H19Cl2N5O/c23-17-12-19-20(13-18(17)24)29(21(28-19)11-16-6-2-4-9-26-16)14-22(30)27-10-7-15-5-1-3-8-25-15/h1-6,8-9,12-13H,7,10-11,14H2,(H,27,30). The molecule has 0 saturated carbocycles. The molecule has 0 unspecified atom stereocenters. The maximum absolute atomic E-state index is 12.6. The molecule has 0 atom stereocenters. The molecule has 0 fully saturated rings. The summed E-state index contributed by atoms with van der Waals surface area (Å²) in [5.74, 6) is 0.612. The Morgan fingerprint density at radius 3 is 2.37 bits per heavy atom. The third-order valence-electron chi connectivity index (χ3n) is 4.67. The van der Waals surface area contributed by atoms with E-state index in [4.69, 9.17) is 23.2 Å². The molecule has 8 heteroatoms. The quantitative estimate of drug-likeness (QED) is 0.470. The second-order valence-electron chi connectivity index (χ2n) is 6.79. The van der Waals surface area contributed by atoms with E-state index in [2.05, 4.69) is 20.3 Å². The molecular formula is C22H19Cl2N5O. The third-order valence-corrected chi connectivity index (χ3v) is 5.39. The Labute approximate surface area is 183 Å². The van der Waals surface area contributed by atoms with E-state index >= 15 is 0 Å². The van der Waals surface area contributed by atoms with E-state index < -0.39 is 0 Å². The van der Waals surface area contributed by atoms with Crippen molar-refractivity contribution in [2.75, 3.05) is 6.54 Å². The number of halogens is 2. The molecular weight excluding hydrogens is 421 g/mol. The van der Waals surface area contributed by atoms with Crippen molar-refractivity contribution in [1.82, 2.24) is 24.8 Å². The molecule has 0 radical (unpaired) electrons. The number of carbonyl (C=O) groups is 1. The van der Waals surface area contributed by atoms with Gasteiger partial charge in [0.2, 0.25) is 5.91 Å². The molecule has 0 saturated heterocycles. The van der Waals surface area contributed by atoms with Gasteiger partial charge in [-0.3, -0.25) is 14.8 Å². The molecule has 3 aromatic heterocycles. The second-order valence-corrected chi connectivity index (χ2v) is 7.60. The van der Waals surface area contributed by atoms with Crippen molar-refractivity contribution >= 4 is 40.1 Å². The molecule has 4 aromatic rings. The highest BCUT2D eigenvalue weighted by molar-refractivity contribution is 6.42. The van der Waals surface area contributed by atoms with Crippen LogP contribution in [0.2, 0.25) is 10.0 Å². The van der Waals surface area contributed by atoms with Gasteiger partial charge in [0.05, 0.1) is 21.1 Å². The van der Waals surface area contributed by atoms with Crippen LogP contribution in [-0.2, 0) is 24.2 Å². The Morgan fingerprint density at radius 2 is 1.67 bits per heavy atom. The molecule has 0 bridgehead atoms. The van der Waals surface area contributed by atoms with E-state index in [-0.39, 0.29) is 12.5 Å². The lowest BCUT2D eigenvalue weighted by Crippen LogP contribution is -2.30. The van der Waals surface area contributed by atoms with Crippen molar-refractivity contribution in [2.24, 2.45) is 0 Å². The number of pyridine rings is 2. The first-order valence-electron chi connectivity index (χ1n) is 9.51. The fraction of sp³-hybridized carbons (Fsp3) is 0.182. The predicted octanol–water partition coefficient (Wildman–Crippen LogP) is 4.08. The number of hydrogen-bond donors (Lipinski definition) is 1. The summed E-state index contributed by atoms with van der Waals surface area (Å²) in [6.45, 7) is 0.628. The minimum atomic E-state index is -0.112. The minimum Gasteiger partial charge on any atom is -0.354 e. The summed E-state index contributed by atoms with van der Waals surface area (Å²) in [6.07, 6.45) is 4.64. The molecule has 1 amide bonds. The van der Waals surface area contributed by atoms with Gasteiger partial charge in [0.15, 0.2) is 0 Å². The summed E-state index contributed by atoms with van der Waals surface area (Å²) in [5, 5.41) is 3.80. The Kier molecular flexibility index (Phi) is 6.26. The lowest BCUT2D eigenvalue weighted by Gasteiger charge is -2.10. The Hall–Kier alpha value is -2.96. The van der Waals surface area contributed by atoms with Gasteiger partial charge < -0.3 is 9.88 Å². The molecule has 6 nitrogen and oxygen atoms in total. The van der Waals surface area contributed by atoms with E-state index in [1.165, 1.54) is 0 Å². The van der Waals surface area contributed by atoms with Gasteiger partial charge in [0, 0.05) is 43.2 Å². The molecule has 0 aliphatic rings. The highest BCUT2D eigenvalue weighted by Crippen LogP contribution is 2.29. The molecule has 152 valence electrons. The zero-order chi connectivity index (χ0) is 20.9. The highest BCUT2D eigenvalue weighted by Gasteiger charge is 2.16. The van der Waals surface area contributed by atoms with E-state index in [0.29, 0.717) is 34.9 Å². The van der Waals surface area contributed by atoms with Crippen LogP contribution in [-0.4, -0.2) is 32.0 Å². The van der Waals surface area contributed by atoms with Gasteiger partial charge in [-0.05, 0) is 36.4 Å². The molecule has 3 heterocycles. The normalized spacial score (nSPS) is 11.0. The number of imidazole rings is 1. The number of hydrogen-bond acceptors (Lipinski definition) is 4. The highest BCUT2D eigenvalue weighted by atomic mass is 35.5. The number of nitrogens with zero attached hydrogens (tertiary/aromatic N) is 4. The Morgan fingerprint density at radius 1 is 0.967 bits per heavy atom. The van der Waals surface area contributed by atoms with Gasteiger partial charge in [-0.25, -0.2) is 4.98 Å². The van der Waals surface area contributed by atoms with Crippen molar-refractivity contribution in [3.8, 4) is 0 Å². The number of rotatable bonds is 7. The second kappa shape index (κ2) is 9.24. The van der Waals surface area contributed by atoms with Crippen molar-refractivity contribution < 1.29 is 4.79 Å². The largest absolute Gasteiger partial charge is 0.354 e. The lowest BCUT2D eigenvalue weighted by molar-refractivity contribution is -0.121. The maximum atomic E-state index is 12.6. The van der Waals surface area contributed by atoms with Crippen LogP contribution in [0.25, 0.3) is 11.0 Å². The van der Waals surface area contributed by atoms with Crippen LogP contribution in [0.3, 0.4) is 0 Å². The van der Waals surface area contributed by atoms with Crippen molar-refractivity contribution in [2.45, 2.75) is 19.4 Å². The van der Waals surface area contributed by atoms with Crippen molar-refractivity contribution in [3.05, 3.63) is 88.2 Å². The first kappa shape index (κ1) is 20.3. The van der Waals surface area contributed by atoms with Crippen LogP contribution in [0.4, 0.5) is 0 Å². The van der Waals surface area contributed by atoms with Crippen LogP contribution in [0, 0.1) is 0 Å². The zero-order valence-corrected chi connectivity index (χ0v) is 17.6. The number of aromatic nitrogens is 4. The Bertz CT molecular complexity index is 1160. The summed E-state index contributed by atoms with van der Waals surface area (Å²) < 4.78 is 1.86. The first-order valence-corrected chi connectivity index (χ1v) is 10.3. The summed E-state index contributed by atoms with van der Waals surface area (Å²) >= 11 is 12.4. The monoisotopic (exact) mass is 439 g/mol. The smallest absolute Gasteiger partial charge is 0.240 e. The zero-order valence-electron chi connectivity index (χ0n) is 16.1. The molecule has 4 rings (SSSR count). The summed E-state index contributed by atoms with van der Waals surface area (Å²) in [5.41, 5.74) is 3.25. The average Bonchev–Trinajstić information content (AvgIpc) is 3.06. The van der Waals surface area contributed by atoms with E-state index in [1.807, 2.05) is 41.0 Å². The first-order chi connectivity index (χ1) is 14.6. The number of benzene rings is 1. The molecule has 0 spiro atoms. The topological polar surface area (TPSA) is 72.7 Å². The van der Waals surface area contributed by atoms with Gasteiger partial charge in [-0.15, -0.1) is 0 Å². The van der Waals surface area contributed by atoms with Gasteiger partial charge in [-0.2, -0.15) is 0 Å². The van der Waals surface area contributed by atoms with Crippen LogP contribution in [0.15, 0.2) is 60.9 Å². The van der Waals surface area contributed by atoms with Crippen LogP contribution < -0.4 is 5.32 Å². The number of fused-ring (bicyclic) bond motifs is 1. The predicted molar refractivity (Wildman–Crippen MR) is 118 cm³/mol. The van der Waals surface area contributed by atoms with Crippen molar-refractivity contribution in [3.63, 3.8) is 0 Å². The summed E-state index contributed by atoms with van der Waals surface area (Å²) in [7, 11) is 0. The van der Waals surface area contributed by atoms with Gasteiger partial charge in [-0.1, -0.05) is 35.3 Å². The summed E-state index contributed by atoms with van der Waals surface area (Å²) in [4.78, 5) is 26.0. The van der Waals surface area contributed by atoms with E-state index in [9.17, 15) is 4.79 Å². The molecule has 30 heavy (non-hydrogen) atoms. The molecule has 1 N–H and O–H groups in total. The fourth-order valence-corrected chi connectivity index (χ4v) is 3.54. The van der Waals surface area contributed by atoms with Crippen LogP contribution >= 0.6 is 23.2 Å². The third kappa shape index (κ3) is 4.78. The molecule has 0 aliphatic carbocycles. The van der Waals surface area contributed by atoms with Crippen LogP contribution in [0.1, 0.15) is 17.2 Å².